The summed E-state index contributed by atoms with van der Waals surface area (Å²) >= 11 is 0. The highest BCUT2D eigenvalue weighted by molar-refractivity contribution is 5.78. The molecule has 0 aliphatic carbocycles. The molecule has 0 saturated heterocycles. The number of aliphatic hydroxyl groups excluding tert-OH is 1. The van der Waals surface area contributed by atoms with Crippen molar-refractivity contribution in [1.82, 2.24) is 0 Å². The average molecular weight is 560 g/mol. The zero-order valence-corrected chi connectivity index (χ0v) is 15.2. The van der Waals surface area contributed by atoms with Crippen molar-refractivity contribution in [3.63, 3.8) is 0 Å². The first-order chi connectivity index (χ1) is 14.6. The van der Waals surface area contributed by atoms with Gasteiger partial charge in [0.25, 0.3) is 0 Å². The molecule has 0 rings (SSSR count). The fourth-order valence-electron chi connectivity index (χ4n) is 1.51. The smallest absolute Gasteiger partial charge is 0.397 e. The molecule has 0 aromatic rings. The number of aliphatic hydroxyl groups is 1. The van der Waals surface area contributed by atoms with Crippen molar-refractivity contribution in [1.29, 1.82) is 0 Å². The van der Waals surface area contributed by atoms with E-state index in [2.05, 4.69) is 0 Å². The van der Waals surface area contributed by atoms with Crippen LogP contribution in [-0.4, -0.2) is 71.5 Å². The summed E-state index contributed by atoms with van der Waals surface area (Å²) in [4.78, 5) is 11.3. The van der Waals surface area contributed by atoms with Gasteiger partial charge in [-0.1, -0.05) is 0 Å². The first-order valence-electron chi connectivity index (χ1n) is 7.33. The zero-order valence-electron chi connectivity index (χ0n) is 15.2. The van der Waals surface area contributed by atoms with E-state index in [9.17, 15) is 88.3 Å². The van der Waals surface area contributed by atoms with Crippen LogP contribution in [0.1, 0.15) is 6.92 Å². The summed E-state index contributed by atoms with van der Waals surface area (Å²) < 4.78 is 242. The fourth-order valence-corrected chi connectivity index (χ4v) is 1.51. The Hall–Kier alpha value is -1.90. The van der Waals surface area contributed by atoms with Crippen LogP contribution in [-0.2, 0) is 9.74 Å². The summed E-state index contributed by atoms with van der Waals surface area (Å²) in [6.07, 6.45) is -6.07. The molecule has 0 radical (unpaired) electrons. The Morgan fingerprint density at radius 3 is 1.12 bits per heavy atom. The zero-order chi connectivity index (χ0) is 28.6. The van der Waals surface area contributed by atoms with Crippen molar-refractivity contribution in [3.05, 3.63) is 0 Å². The van der Waals surface area contributed by atoms with E-state index in [1.807, 2.05) is 0 Å². The molecule has 0 aliphatic heterocycles. The topological polar surface area (TPSA) is 46.5 Å². The number of rotatable bonds is 9. The number of alkyl halides is 18. The number of carbonyl (C=O) groups excluding carboxylic acids is 1. The van der Waals surface area contributed by atoms with Crippen molar-refractivity contribution >= 4 is 5.97 Å². The van der Waals surface area contributed by atoms with Crippen LogP contribution in [0.5, 0.6) is 0 Å². The van der Waals surface area contributed by atoms with Crippen LogP contribution in [0.2, 0.25) is 0 Å². The largest absolute Gasteiger partial charge is 0.424 e. The van der Waals surface area contributed by atoms with Crippen LogP contribution in [0.15, 0.2) is 0 Å². The molecule has 0 heterocycles. The van der Waals surface area contributed by atoms with Gasteiger partial charge in [0.1, 0.15) is 0 Å². The first-order valence-corrected chi connectivity index (χ1v) is 7.33. The molecule has 206 valence electrons. The third kappa shape index (κ3) is 4.52. The summed E-state index contributed by atoms with van der Waals surface area (Å²) in [7, 11) is 0. The summed E-state index contributed by atoms with van der Waals surface area (Å²) in [6, 6.07) is 0. The van der Waals surface area contributed by atoms with Gasteiger partial charge in [-0.3, -0.25) is 0 Å². The van der Waals surface area contributed by atoms with Crippen molar-refractivity contribution in [2.45, 2.75) is 60.7 Å². The molecule has 22 heteroatoms. The minimum atomic E-state index is -8.93. The molecule has 3 nitrogen and oxygen atoms in total. The highest BCUT2D eigenvalue weighted by Crippen LogP contribution is 2.64. The van der Waals surface area contributed by atoms with Gasteiger partial charge in [-0.05, 0) is 6.92 Å². The third-order valence-corrected chi connectivity index (χ3v) is 3.39. The van der Waals surface area contributed by atoms with Crippen LogP contribution in [0, 0.1) is 0 Å². The van der Waals surface area contributed by atoms with Gasteiger partial charge in [0.05, 0.1) is 0 Å². The van der Waals surface area contributed by atoms with Gasteiger partial charge in [0.15, 0.2) is 0 Å². The number of hydrogen-bond acceptors (Lipinski definition) is 3. The molecule has 0 atom stereocenters. The number of carbonyl (C=O) groups is 1. The van der Waals surface area contributed by atoms with Gasteiger partial charge in [-0.25, -0.2) is 18.5 Å². The molecule has 0 spiro atoms. The maximum Gasteiger partial charge on any atom is 0.424 e. The lowest BCUT2D eigenvalue weighted by atomic mass is 9.87. The van der Waals surface area contributed by atoms with Crippen LogP contribution >= 0.6 is 0 Å². The third-order valence-electron chi connectivity index (χ3n) is 3.39. The van der Waals surface area contributed by atoms with Crippen molar-refractivity contribution in [2.24, 2.45) is 0 Å². The van der Waals surface area contributed by atoms with Gasteiger partial charge in [-0.2, -0.15) is 70.2 Å². The highest BCUT2D eigenvalue weighted by atomic mass is 19.4. The van der Waals surface area contributed by atoms with E-state index < -0.39 is 59.8 Å². The van der Waals surface area contributed by atoms with Crippen molar-refractivity contribution in [3.8, 4) is 0 Å². The van der Waals surface area contributed by atoms with E-state index >= 15 is 0 Å². The second kappa shape index (κ2) is 9.63. The minimum absolute atomic E-state index is 0.250. The second-order valence-corrected chi connectivity index (χ2v) is 5.63. The molecule has 0 amide bonds. The molecule has 0 aliphatic rings. The predicted molar refractivity (Wildman–Crippen MR) is 65.5 cm³/mol. The Balaban J connectivity index is 0. The summed E-state index contributed by atoms with van der Waals surface area (Å²) in [5.41, 5.74) is 0. The van der Waals surface area contributed by atoms with Crippen LogP contribution in [0.25, 0.3) is 0 Å². The molecule has 0 aromatic heterocycles. The lowest BCUT2D eigenvalue weighted by Gasteiger charge is -2.43. The predicted octanol–water partition coefficient (Wildman–Crippen LogP) is 5.76. The number of hydrogen-bond donors (Lipinski definition) is 1. The van der Waals surface area contributed by atoms with Gasteiger partial charge in [0, 0.05) is 11.1 Å². The van der Waals surface area contributed by atoms with Gasteiger partial charge >= 0.3 is 59.8 Å². The Kier molecular flexibility index (Phi) is 9.70. The number of halogens is 19. The summed E-state index contributed by atoms with van der Waals surface area (Å²) in [6.45, 7) is 1.93. The quantitative estimate of drug-likeness (QED) is 0.365. The lowest BCUT2D eigenvalue weighted by Crippen LogP contribution is -2.75. The SMILES string of the molecule is CCO.O=C(OF)C(F)(F)C(F)(F)C(F)(F)C(F)(F)C(F)(F)C(F)(F)C(F)(F)C(F)(F)C(F)F. The molecule has 0 unspecified atom stereocenters. The summed E-state index contributed by atoms with van der Waals surface area (Å²) in [5.74, 6) is -71.9. The molecular formula is C12H7F19O3. The first kappa shape index (κ1) is 34.3. The minimum Gasteiger partial charge on any atom is -0.397 e. The second-order valence-electron chi connectivity index (χ2n) is 5.63. The van der Waals surface area contributed by atoms with Crippen LogP contribution in [0.3, 0.4) is 0 Å². The average Bonchev–Trinajstić information content (AvgIpc) is 2.66. The van der Waals surface area contributed by atoms with Crippen LogP contribution in [0.4, 0.5) is 83.6 Å². The van der Waals surface area contributed by atoms with E-state index in [1.165, 1.54) is 4.94 Å². The molecule has 0 bridgehead atoms. The standard InChI is InChI=1S/C10HF19O2.C2H6O/c11-1(12)3(13,14)5(17,18)7(21,22)9(25,26)10(27,28)8(23,24)6(19,20)4(15,16)2(30)31-29;1-2-3/h1H;3H,2H2,1H3. The van der Waals surface area contributed by atoms with E-state index in [0.717, 1.165) is 0 Å². The summed E-state index contributed by atoms with van der Waals surface area (Å²) in [5, 5.41) is 7.57. The molecule has 0 fully saturated rings. The molecular weight excluding hydrogens is 553 g/mol. The lowest BCUT2D eigenvalue weighted by molar-refractivity contribution is -0.455. The maximum atomic E-state index is 13.2. The van der Waals surface area contributed by atoms with E-state index in [-0.39, 0.29) is 6.61 Å². The van der Waals surface area contributed by atoms with Gasteiger partial charge in [-0.15, -0.1) is 0 Å². The van der Waals surface area contributed by atoms with Crippen molar-refractivity contribution in [2.75, 3.05) is 6.61 Å². The van der Waals surface area contributed by atoms with E-state index in [0.29, 0.717) is 0 Å². The van der Waals surface area contributed by atoms with E-state index in [4.69, 9.17) is 5.11 Å². The Labute approximate surface area is 173 Å². The maximum absolute atomic E-state index is 13.2. The van der Waals surface area contributed by atoms with Crippen molar-refractivity contribution < 1.29 is 98.4 Å². The van der Waals surface area contributed by atoms with Gasteiger partial charge in [0.2, 0.25) is 0 Å². The molecule has 0 saturated carbocycles. The highest BCUT2D eigenvalue weighted by Gasteiger charge is 2.96. The monoisotopic (exact) mass is 560 g/mol. The molecule has 1 N–H and O–H groups in total. The molecule has 0 aromatic carbocycles. The Morgan fingerprint density at radius 1 is 0.647 bits per heavy atom. The molecule has 34 heavy (non-hydrogen) atoms. The van der Waals surface area contributed by atoms with E-state index in [1.54, 1.807) is 6.92 Å². The Morgan fingerprint density at radius 2 is 0.882 bits per heavy atom. The normalized spacial score (nSPS) is 15.1. The Bertz CT molecular complexity index is 701. The van der Waals surface area contributed by atoms with Gasteiger partial charge < -0.3 is 5.11 Å². The van der Waals surface area contributed by atoms with Crippen LogP contribution < -0.4 is 0 Å². The fraction of sp³-hybridized carbons (Fsp3) is 0.917.